The number of aromatic nitrogens is 2. The summed E-state index contributed by atoms with van der Waals surface area (Å²) in [5.41, 5.74) is 0. The van der Waals surface area contributed by atoms with E-state index in [1.807, 2.05) is 6.92 Å². The minimum absolute atomic E-state index is 0.357. The second kappa shape index (κ2) is 6.27. The zero-order valence-electron chi connectivity index (χ0n) is 12.3. The lowest BCUT2D eigenvalue weighted by Gasteiger charge is -2.23. The Labute approximate surface area is 131 Å². The summed E-state index contributed by atoms with van der Waals surface area (Å²) in [6.45, 7) is 4.93. The first-order valence-electron chi connectivity index (χ1n) is 7.29. The Morgan fingerprint density at radius 1 is 1.38 bits per heavy atom. The number of hydrogen-bond donors (Lipinski definition) is 2. The van der Waals surface area contributed by atoms with Gasteiger partial charge in [-0.1, -0.05) is 0 Å². The fraction of sp³-hybridized carbons (Fsp3) is 0.571. The average molecular weight is 324 g/mol. The van der Waals surface area contributed by atoms with Gasteiger partial charge in [-0.3, -0.25) is 4.21 Å². The molecule has 0 aromatic carbocycles. The van der Waals surface area contributed by atoms with E-state index in [0.29, 0.717) is 12.0 Å². The summed E-state index contributed by atoms with van der Waals surface area (Å²) in [6, 6.07) is 2.49. The van der Waals surface area contributed by atoms with Crippen LogP contribution in [0.25, 0.3) is 10.2 Å². The van der Waals surface area contributed by atoms with Gasteiger partial charge < -0.3 is 10.6 Å². The zero-order chi connectivity index (χ0) is 14.8. The van der Waals surface area contributed by atoms with Gasteiger partial charge in [0.2, 0.25) is 5.95 Å². The first-order chi connectivity index (χ1) is 10.2. The number of hydrogen-bond acceptors (Lipinski definition) is 6. The van der Waals surface area contributed by atoms with Crippen molar-refractivity contribution in [1.29, 1.82) is 0 Å². The molecule has 2 aromatic heterocycles. The Balaban J connectivity index is 1.90. The van der Waals surface area contributed by atoms with E-state index >= 15 is 0 Å². The number of thiophene rings is 1. The number of nitrogens with one attached hydrogen (secondary N) is 2. The Morgan fingerprint density at radius 3 is 2.86 bits per heavy atom. The summed E-state index contributed by atoms with van der Waals surface area (Å²) in [6.07, 6.45) is 1.88. The lowest BCUT2D eigenvalue weighted by Crippen LogP contribution is -2.29. The van der Waals surface area contributed by atoms with E-state index in [4.69, 9.17) is 0 Å². The molecule has 0 bridgehead atoms. The number of fused-ring (bicyclic) bond motifs is 1. The van der Waals surface area contributed by atoms with Crippen LogP contribution >= 0.6 is 11.3 Å². The van der Waals surface area contributed by atoms with Crippen molar-refractivity contribution in [3.05, 3.63) is 10.9 Å². The molecule has 0 amide bonds. The maximum absolute atomic E-state index is 11.5. The van der Waals surface area contributed by atoms with Gasteiger partial charge in [-0.15, -0.1) is 11.3 Å². The van der Waals surface area contributed by atoms with Crippen LogP contribution in [0.4, 0.5) is 11.8 Å². The van der Waals surface area contributed by atoms with Gasteiger partial charge >= 0.3 is 0 Å². The molecule has 2 aromatic rings. The molecule has 0 unspecified atom stereocenters. The van der Waals surface area contributed by atoms with Crippen LogP contribution in [0.3, 0.4) is 0 Å². The summed E-state index contributed by atoms with van der Waals surface area (Å²) in [7, 11) is -0.632. The van der Waals surface area contributed by atoms with Gasteiger partial charge in [0.25, 0.3) is 0 Å². The van der Waals surface area contributed by atoms with Crippen molar-refractivity contribution in [3.8, 4) is 0 Å². The van der Waals surface area contributed by atoms with Crippen LogP contribution in [0.5, 0.6) is 0 Å². The van der Waals surface area contributed by atoms with Gasteiger partial charge in [0.05, 0.1) is 5.39 Å². The summed E-state index contributed by atoms with van der Waals surface area (Å²) in [5, 5.41) is 7.82. The van der Waals surface area contributed by atoms with E-state index in [0.717, 1.165) is 46.9 Å². The van der Waals surface area contributed by atoms with Crippen molar-refractivity contribution < 1.29 is 4.21 Å². The Morgan fingerprint density at radius 2 is 2.14 bits per heavy atom. The minimum atomic E-state index is -0.632. The lowest BCUT2D eigenvalue weighted by atomic mass is 10.1. The molecule has 7 heteroatoms. The molecule has 21 heavy (non-hydrogen) atoms. The molecular weight excluding hydrogens is 304 g/mol. The molecule has 3 rings (SSSR count). The van der Waals surface area contributed by atoms with E-state index in [1.165, 1.54) is 4.88 Å². The van der Waals surface area contributed by atoms with Crippen LogP contribution in [0.2, 0.25) is 0 Å². The number of anilines is 2. The fourth-order valence-corrected chi connectivity index (χ4v) is 4.70. The molecule has 0 radical (unpaired) electrons. The molecule has 0 atom stereocenters. The molecule has 0 saturated carbocycles. The first-order valence-corrected chi connectivity index (χ1v) is 9.59. The highest BCUT2D eigenvalue weighted by Crippen LogP contribution is 2.30. The van der Waals surface area contributed by atoms with E-state index in [1.54, 1.807) is 11.3 Å². The molecule has 114 valence electrons. The van der Waals surface area contributed by atoms with Gasteiger partial charge in [-0.05, 0) is 32.8 Å². The second-order valence-electron chi connectivity index (χ2n) is 5.27. The van der Waals surface area contributed by atoms with Gasteiger partial charge in [0.1, 0.15) is 10.6 Å². The molecule has 1 saturated heterocycles. The highest BCUT2D eigenvalue weighted by atomic mass is 32.2. The van der Waals surface area contributed by atoms with Crippen molar-refractivity contribution in [3.63, 3.8) is 0 Å². The quantitative estimate of drug-likeness (QED) is 0.905. The third kappa shape index (κ3) is 3.35. The standard InChI is InChI=1S/C14H20N4OS2/c1-3-15-14-17-12(11-8-9(2)20-13(11)18-14)16-10-4-6-21(19)7-5-10/h8,10H,3-7H2,1-2H3,(H2,15,16,17,18). The molecular formula is C14H20N4OS2. The predicted octanol–water partition coefficient (Wildman–Crippen LogP) is 2.75. The van der Waals surface area contributed by atoms with Crippen molar-refractivity contribution in [2.24, 2.45) is 0 Å². The highest BCUT2D eigenvalue weighted by Gasteiger charge is 2.20. The lowest BCUT2D eigenvalue weighted by molar-refractivity contribution is 0.623. The number of aryl methyl sites for hydroxylation is 1. The van der Waals surface area contributed by atoms with Crippen LogP contribution in [0.1, 0.15) is 24.6 Å². The second-order valence-corrected chi connectivity index (χ2v) is 8.20. The third-order valence-electron chi connectivity index (χ3n) is 3.58. The smallest absolute Gasteiger partial charge is 0.226 e. The first kappa shape index (κ1) is 14.7. The number of nitrogens with zero attached hydrogens (tertiary/aromatic N) is 2. The van der Waals surface area contributed by atoms with Crippen LogP contribution in [0, 0.1) is 6.92 Å². The summed E-state index contributed by atoms with van der Waals surface area (Å²) >= 11 is 1.69. The highest BCUT2D eigenvalue weighted by molar-refractivity contribution is 7.85. The monoisotopic (exact) mass is 324 g/mol. The molecule has 0 aliphatic carbocycles. The molecule has 5 nitrogen and oxygen atoms in total. The topological polar surface area (TPSA) is 66.9 Å². The van der Waals surface area contributed by atoms with Crippen molar-refractivity contribution in [2.45, 2.75) is 32.7 Å². The molecule has 2 N–H and O–H groups in total. The molecule has 0 spiro atoms. The Hall–Kier alpha value is -1.21. The van der Waals surface area contributed by atoms with E-state index in [-0.39, 0.29) is 0 Å². The zero-order valence-corrected chi connectivity index (χ0v) is 13.9. The van der Waals surface area contributed by atoms with Crippen molar-refractivity contribution in [2.75, 3.05) is 28.7 Å². The minimum Gasteiger partial charge on any atom is -0.367 e. The summed E-state index contributed by atoms with van der Waals surface area (Å²) < 4.78 is 11.5. The normalized spacial score (nSPS) is 22.4. The molecule has 3 heterocycles. The van der Waals surface area contributed by atoms with Crippen molar-refractivity contribution >= 4 is 44.1 Å². The molecule has 1 aliphatic heterocycles. The largest absolute Gasteiger partial charge is 0.367 e. The van der Waals surface area contributed by atoms with Gasteiger partial charge in [0.15, 0.2) is 0 Å². The summed E-state index contributed by atoms with van der Waals surface area (Å²) in [5.74, 6) is 3.15. The maximum Gasteiger partial charge on any atom is 0.226 e. The van der Waals surface area contributed by atoms with Crippen LogP contribution in [-0.4, -0.2) is 38.3 Å². The predicted molar refractivity (Wildman–Crippen MR) is 90.8 cm³/mol. The fourth-order valence-electron chi connectivity index (χ4n) is 2.52. The summed E-state index contributed by atoms with van der Waals surface area (Å²) in [4.78, 5) is 11.4. The van der Waals surface area contributed by atoms with Crippen molar-refractivity contribution in [1.82, 2.24) is 9.97 Å². The van der Waals surface area contributed by atoms with Crippen LogP contribution in [-0.2, 0) is 10.8 Å². The molecule has 1 fully saturated rings. The van der Waals surface area contributed by atoms with Gasteiger partial charge in [0, 0.05) is 39.8 Å². The van der Waals surface area contributed by atoms with Gasteiger partial charge in [-0.2, -0.15) is 4.98 Å². The average Bonchev–Trinajstić information content (AvgIpc) is 2.82. The maximum atomic E-state index is 11.5. The van der Waals surface area contributed by atoms with E-state index in [9.17, 15) is 4.21 Å². The number of rotatable bonds is 4. The SMILES string of the molecule is CCNc1nc(NC2CCS(=O)CC2)c2cc(C)sc2n1. The van der Waals surface area contributed by atoms with E-state index < -0.39 is 10.8 Å². The van der Waals surface area contributed by atoms with Crippen LogP contribution in [0.15, 0.2) is 6.07 Å². The Bertz CT molecular complexity index is 660. The Kier molecular flexibility index (Phi) is 4.40. The van der Waals surface area contributed by atoms with E-state index in [2.05, 4.69) is 33.6 Å². The van der Waals surface area contributed by atoms with Crippen LogP contribution < -0.4 is 10.6 Å². The molecule has 1 aliphatic rings. The third-order valence-corrected chi connectivity index (χ3v) is 5.91. The van der Waals surface area contributed by atoms with Gasteiger partial charge in [-0.25, -0.2) is 4.98 Å².